The third kappa shape index (κ3) is 7.12. The van der Waals surface area contributed by atoms with E-state index in [0.29, 0.717) is 17.4 Å². The average molecular weight is 753 g/mol. The van der Waals surface area contributed by atoms with Crippen molar-refractivity contribution in [3.63, 3.8) is 0 Å². The summed E-state index contributed by atoms with van der Waals surface area (Å²) in [5.74, 6) is 1.64. The molecule has 2 amide bonds. The van der Waals surface area contributed by atoms with Crippen LogP contribution < -0.4 is 9.47 Å². The number of aryl methyl sites for hydroxylation is 2. The van der Waals surface area contributed by atoms with E-state index in [4.69, 9.17) is 9.47 Å². The lowest BCUT2D eigenvalue weighted by molar-refractivity contribution is -0.123. The van der Waals surface area contributed by atoms with Gasteiger partial charge < -0.3 is 9.47 Å². The topological polar surface area (TPSA) is 55.8 Å². The van der Waals surface area contributed by atoms with Crippen LogP contribution in [0.3, 0.4) is 0 Å². The lowest BCUT2D eigenvalue weighted by atomic mass is 10.0. The van der Waals surface area contributed by atoms with Gasteiger partial charge in [0.1, 0.15) is 24.7 Å². The maximum Gasteiger partial charge on any atom is 0.293 e. The number of hydrogen-bond acceptors (Lipinski definition) is 5. The predicted octanol–water partition coefficient (Wildman–Crippen LogP) is 8.33. The number of benzene rings is 3. The molecular weight excluding hydrogens is 724 g/mol. The molecule has 3 aromatic carbocycles. The van der Waals surface area contributed by atoms with Crippen molar-refractivity contribution in [2.75, 3.05) is 13.2 Å². The molecule has 1 saturated heterocycles. The van der Waals surface area contributed by atoms with Crippen molar-refractivity contribution in [1.29, 1.82) is 0 Å². The first kappa shape index (κ1) is 28.9. The van der Waals surface area contributed by atoms with Gasteiger partial charge in [0.05, 0.1) is 18.6 Å². The maximum atomic E-state index is 13.0. The zero-order chi connectivity index (χ0) is 27.4. The third-order valence-electron chi connectivity index (χ3n) is 6.06. The van der Waals surface area contributed by atoms with Crippen molar-refractivity contribution in [3.8, 4) is 11.5 Å². The first-order valence-corrected chi connectivity index (χ1v) is 15.3. The quantitative estimate of drug-likeness (QED) is 0.163. The van der Waals surface area contributed by atoms with Gasteiger partial charge in [-0.05, 0) is 123 Å². The van der Waals surface area contributed by atoms with E-state index in [2.05, 4.69) is 102 Å². The van der Waals surface area contributed by atoms with E-state index < -0.39 is 0 Å². The summed E-state index contributed by atoms with van der Waals surface area (Å²) in [5, 5.41) is -0.277. The molecule has 0 N–H and O–H groups in total. The van der Waals surface area contributed by atoms with Crippen LogP contribution in [0.1, 0.15) is 47.6 Å². The molecule has 4 rings (SSSR count). The van der Waals surface area contributed by atoms with Gasteiger partial charge >= 0.3 is 0 Å². The number of carbonyl (C=O) groups is 2. The summed E-state index contributed by atoms with van der Waals surface area (Å²) >= 11 is 5.46. The Labute approximate surface area is 255 Å². The molecule has 198 valence electrons. The SMILES string of the molecule is Cc1ccc(COc2c(I)cc(/C=C3\SC(=O)N(CCOc4cc(C)ccc4C(C)C)C3=O)cc2I)cc1. The van der Waals surface area contributed by atoms with E-state index >= 15 is 0 Å². The Morgan fingerprint density at radius 2 is 1.58 bits per heavy atom. The number of ether oxygens (including phenoxy) is 2. The van der Waals surface area contributed by atoms with Gasteiger partial charge in [-0.25, -0.2) is 0 Å². The minimum atomic E-state index is -0.290. The number of carbonyl (C=O) groups excluding carboxylic acids is 2. The minimum Gasteiger partial charge on any atom is -0.491 e. The van der Waals surface area contributed by atoms with E-state index in [1.54, 1.807) is 6.08 Å². The highest BCUT2D eigenvalue weighted by Gasteiger charge is 2.35. The first-order chi connectivity index (χ1) is 18.1. The molecule has 3 aromatic rings. The number of imide groups is 1. The molecule has 0 unspecified atom stereocenters. The van der Waals surface area contributed by atoms with Crippen LogP contribution in [0.25, 0.3) is 6.08 Å². The van der Waals surface area contributed by atoms with Gasteiger partial charge in [-0.1, -0.05) is 55.8 Å². The third-order valence-corrected chi connectivity index (χ3v) is 8.57. The second-order valence-electron chi connectivity index (χ2n) is 9.47. The van der Waals surface area contributed by atoms with Gasteiger partial charge in [0.25, 0.3) is 11.1 Å². The predicted molar refractivity (Wildman–Crippen MR) is 171 cm³/mol. The van der Waals surface area contributed by atoms with Crippen LogP contribution in [0, 0.1) is 21.0 Å². The molecule has 0 aromatic heterocycles. The summed E-state index contributed by atoms with van der Waals surface area (Å²) in [5.41, 5.74) is 5.39. The molecular formula is C30H29I2NO4S. The highest BCUT2D eigenvalue weighted by molar-refractivity contribution is 14.1. The van der Waals surface area contributed by atoms with Gasteiger partial charge in [-0.3, -0.25) is 14.5 Å². The molecule has 1 heterocycles. The van der Waals surface area contributed by atoms with Crippen LogP contribution in [0.5, 0.6) is 11.5 Å². The van der Waals surface area contributed by atoms with Crippen LogP contribution in [-0.4, -0.2) is 29.2 Å². The van der Waals surface area contributed by atoms with E-state index in [9.17, 15) is 9.59 Å². The van der Waals surface area contributed by atoms with Crippen molar-refractivity contribution in [3.05, 3.63) is 94.5 Å². The first-order valence-electron chi connectivity index (χ1n) is 12.3. The monoisotopic (exact) mass is 753 g/mol. The molecule has 0 spiro atoms. The standard InChI is InChI=1S/C30H29I2NO4S/c1-18(2)23-10-7-20(4)13-26(23)36-12-11-33-29(34)27(38-30(33)35)16-22-14-24(31)28(25(32)15-22)37-17-21-8-5-19(3)6-9-21/h5-10,13-16,18H,11-12,17H2,1-4H3/b27-16-. The van der Waals surface area contributed by atoms with Gasteiger partial charge in [-0.2, -0.15) is 0 Å². The van der Waals surface area contributed by atoms with Gasteiger partial charge in [0.2, 0.25) is 0 Å². The molecule has 1 aliphatic rings. The largest absolute Gasteiger partial charge is 0.491 e. The van der Waals surface area contributed by atoms with Crippen LogP contribution in [0.15, 0.2) is 59.5 Å². The summed E-state index contributed by atoms with van der Waals surface area (Å²) in [4.78, 5) is 27.3. The Bertz CT molecular complexity index is 1360. The highest BCUT2D eigenvalue weighted by atomic mass is 127. The van der Waals surface area contributed by atoms with Gasteiger partial charge in [0, 0.05) is 0 Å². The molecule has 38 heavy (non-hydrogen) atoms. The van der Waals surface area contributed by atoms with Crippen molar-refractivity contribution in [1.82, 2.24) is 4.90 Å². The van der Waals surface area contributed by atoms with Crippen LogP contribution in [0.4, 0.5) is 4.79 Å². The summed E-state index contributed by atoms with van der Waals surface area (Å²) in [6, 6.07) is 18.3. The zero-order valence-corrected chi connectivity index (χ0v) is 26.8. The Kier molecular flexibility index (Phi) is 9.80. The molecule has 0 atom stereocenters. The smallest absolute Gasteiger partial charge is 0.293 e. The second-order valence-corrected chi connectivity index (χ2v) is 12.8. The summed E-state index contributed by atoms with van der Waals surface area (Å²) in [6.07, 6.45) is 1.78. The fourth-order valence-electron chi connectivity index (χ4n) is 3.98. The Balaban J connectivity index is 1.41. The van der Waals surface area contributed by atoms with Crippen molar-refractivity contribution in [2.45, 2.75) is 40.2 Å². The second kappa shape index (κ2) is 12.9. The molecule has 5 nitrogen and oxygen atoms in total. The van der Waals surface area contributed by atoms with E-state index in [1.165, 1.54) is 10.5 Å². The number of amides is 2. The number of nitrogens with zero attached hydrogens (tertiary/aromatic N) is 1. The fraction of sp³-hybridized carbons (Fsp3) is 0.267. The molecule has 8 heteroatoms. The number of thioether (sulfide) groups is 1. The van der Waals surface area contributed by atoms with E-state index in [0.717, 1.165) is 52.7 Å². The number of hydrogen-bond donors (Lipinski definition) is 0. The molecule has 0 bridgehead atoms. The molecule has 0 radical (unpaired) electrons. The summed E-state index contributed by atoms with van der Waals surface area (Å²) in [7, 11) is 0. The van der Waals surface area contributed by atoms with Crippen LogP contribution in [-0.2, 0) is 11.4 Å². The summed E-state index contributed by atoms with van der Waals surface area (Å²) < 4.78 is 14.0. The van der Waals surface area contributed by atoms with Crippen LogP contribution in [0.2, 0.25) is 0 Å². The minimum absolute atomic E-state index is 0.203. The van der Waals surface area contributed by atoms with Crippen molar-refractivity contribution >= 4 is 74.2 Å². The van der Waals surface area contributed by atoms with Crippen molar-refractivity contribution < 1.29 is 19.1 Å². The lowest BCUT2D eigenvalue weighted by Crippen LogP contribution is -2.32. The van der Waals surface area contributed by atoms with E-state index in [1.807, 2.05) is 25.1 Å². The lowest BCUT2D eigenvalue weighted by Gasteiger charge is -2.17. The Morgan fingerprint density at radius 3 is 2.24 bits per heavy atom. The van der Waals surface area contributed by atoms with E-state index in [-0.39, 0.29) is 24.3 Å². The van der Waals surface area contributed by atoms with Crippen LogP contribution >= 0.6 is 56.9 Å². The fourth-order valence-corrected chi connectivity index (χ4v) is 6.97. The zero-order valence-electron chi connectivity index (χ0n) is 21.7. The Hall–Kier alpha value is -2.05. The van der Waals surface area contributed by atoms with Crippen molar-refractivity contribution in [2.24, 2.45) is 0 Å². The molecule has 0 aliphatic carbocycles. The maximum absolute atomic E-state index is 13.0. The summed E-state index contributed by atoms with van der Waals surface area (Å²) in [6.45, 7) is 9.24. The average Bonchev–Trinajstić information content (AvgIpc) is 3.11. The number of halogens is 2. The highest BCUT2D eigenvalue weighted by Crippen LogP contribution is 2.35. The Morgan fingerprint density at radius 1 is 0.921 bits per heavy atom. The number of rotatable bonds is 9. The normalized spacial score (nSPS) is 14.6. The molecule has 1 aliphatic heterocycles. The van der Waals surface area contributed by atoms with Gasteiger partial charge in [0.15, 0.2) is 0 Å². The molecule has 1 fully saturated rings. The van der Waals surface area contributed by atoms with Gasteiger partial charge in [-0.15, -0.1) is 0 Å². The molecule has 0 saturated carbocycles.